The molecule has 0 aliphatic carbocycles. The monoisotopic (exact) mass is 207 g/mol. The van der Waals surface area contributed by atoms with Crippen LogP contribution in [0.1, 0.15) is 6.42 Å². The summed E-state index contributed by atoms with van der Waals surface area (Å²) >= 11 is 0. The largest absolute Gasteiger partial charge is 0.482 e. The van der Waals surface area contributed by atoms with Crippen molar-refractivity contribution in [2.45, 2.75) is 12.2 Å². The van der Waals surface area contributed by atoms with E-state index in [4.69, 9.17) is 0 Å². The molecular formula is C8H15BF3N2-. The van der Waals surface area contributed by atoms with E-state index < -0.39 is 12.8 Å². The van der Waals surface area contributed by atoms with Crippen LogP contribution in [0, 0.1) is 5.92 Å². The fourth-order valence-electron chi connectivity index (χ4n) is 2.18. The number of likely N-dealkylation sites (tertiary alicyclic amines) is 1. The van der Waals surface area contributed by atoms with Gasteiger partial charge in [0.05, 0.1) is 0 Å². The Morgan fingerprint density at radius 3 is 2.43 bits per heavy atom. The summed E-state index contributed by atoms with van der Waals surface area (Å²) in [6, 6.07) is 0. The number of nitrogens with one attached hydrogen (secondary N) is 1. The summed E-state index contributed by atoms with van der Waals surface area (Å²) in [7, 11) is 0. The van der Waals surface area contributed by atoms with Gasteiger partial charge in [0.15, 0.2) is 0 Å². The third kappa shape index (κ3) is 2.23. The zero-order valence-electron chi connectivity index (χ0n) is 8.06. The molecule has 0 radical (unpaired) electrons. The highest BCUT2D eigenvalue weighted by atomic mass is 19.4. The van der Waals surface area contributed by atoms with Crippen molar-refractivity contribution < 1.29 is 12.9 Å². The molecule has 1 unspecified atom stereocenters. The van der Waals surface area contributed by atoms with Crippen LogP contribution in [0.25, 0.3) is 0 Å². The van der Waals surface area contributed by atoms with Gasteiger partial charge in [-0.15, -0.1) is 0 Å². The zero-order valence-corrected chi connectivity index (χ0v) is 8.06. The molecule has 0 saturated carbocycles. The molecule has 2 aliphatic heterocycles. The van der Waals surface area contributed by atoms with Crippen LogP contribution in [0.4, 0.5) is 12.9 Å². The van der Waals surface area contributed by atoms with Gasteiger partial charge in [0, 0.05) is 19.6 Å². The van der Waals surface area contributed by atoms with Crippen molar-refractivity contribution in [3.05, 3.63) is 0 Å². The van der Waals surface area contributed by atoms with Crippen molar-refractivity contribution in [1.82, 2.24) is 10.2 Å². The summed E-state index contributed by atoms with van der Waals surface area (Å²) in [5.74, 6) is -0.447. The molecule has 2 fully saturated rings. The van der Waals surface area contributed by atoms with E-state index in [1.54, 1.807) is 0 Å². The summed E-state index contributed by atoms with van der Waals surface area (Å²) in [4.78, 5) is 1.96. The van der Waals surface area contributed by atoms with Gasteiger partial charge in [0.2, 0.25) is 0 Å². The zero-order chi connectivity index (χ0) is 10.2. The quantitative estimate of drug-likeness (QED) is 0.697. The topological polar surface area (TPSA) is 15.3 Å². The molecule has 82 valence electrons. The molecule has 0 spiro atoms. The molecule has 1 N–H and O–H groups in total. The van der Waals surface area contributed by atoms with Gasteiger partial charge in [-0.1, -0.05) is 12.2 Å². The van der Waals surface area contributed by atoms with Crippen LogP contribution in [0.5, 0.6) is 0 Å². The summed E-state index contributed by atoms with van der Waals surface area (Å²) in [5, 5.41) is 3.13. The Morgan fingerprint density at radius 2 is 2.00 bits per heavy atom. The summed E-state index contributed by atoms with van der Waals surface area (Å²) in [6.45, 7) is -0.964. The molecule has 2 nitrogen and oxygen atoms in total. The summed E-state index contributed by atoms with van der Waals surface area (Å²) in [6.07, 6.45) is 0.309. The Balaban J connectivity index is 1.76. The smallest absolute Gasteiger partial charge is 0.449 e. The first-order valence-corrected chi connectivity index (χ1v) is 5.19. The lowest BCUT2D eigenvalue weighted by Crippen LogP contribution is -2.48. The molecule has 0 amide bonds. The van der Waals surface area contributed by atoms with Gasteiger partial charge < -0.3 is 23.2 Å². The molecule has 6 heteroatoms. The highest BCUT2D eigenvalue weighted by Crippen LogP contribution is 2.35. The van der Waals surface area contributed by atoms with E-state index in [2.05, 4.69) is 5.32 Å². The average Bonchev–Trinajstić information content (AvgIpc) is 2.43. The van der Waals surface area contributed by atoms with Gasteiger partial charge in [-0.2, -0.15) is 0 Å². The van der Waals surface area contributed by atoms with Crippen molar-refractivity contribution in [3.8, 4) is 0 Å². The second-order valence-electron chi connectivity index (χ2n) is 4.46. The molecule has 2 saturated heterocycles. The van der Waals surface area contributed by atoms with Gasteiger partial charge in [-0.25, -0.2) is 0 Å². The maximum Gasteiger partial charge on any atom is 0.482 e. The van der Waals surface area contributed by atoms with E-state index in [1.807, 2.05) is 4.90 Å². The van der Waals surface area contributed by atoms with Crippen molar-refractivity contribution in [2.75, 3.05) is 32.7 Å². The van der Waals surface area contributed by atoms with Crippen LogP contribution in [-0.4, -0.2) is 44.6 Å². The van der Waals surface area contributed by atoms with E-state index in [9.17, 15) is 12.9 Å². The lowest BCUT2D eigenvalue weighted by Gasteiger charge is -2.31. The van der Waals surface area contributed by atoms with Crippen molar-refractivity contribution in [2.24, 2.45) is 5.92 Å². The number of rotatable bonds is 3. The van der Waals surface area contributed by atoms with Gasteiger partial charge in [-0.3, -0.25) is 0 Å². The predicted octanol–water partition coefficient (Wildman–Crippen LogP) is 1.13. The average molecular weight is 207 g/mol. The second-order valence-corrected chi connectivity index (χ2v) is 4.46. The van der Waals surface area contributed by atoms with E-state index in [0.29, 0.717) is 18.9 Å². The highest BCUT2D eigenvalue weighted by Gasteiger charge is 2.39. The molecule has 0 bridgehead atoms. The fourth-order valence-corrected chi connectivity index (χ4v) is 2.18. The summed E-state index contributed by atoms with van der Waals surface area (Å²) < 4.78 is 37.2. The first-order chi connectivity index (χ1) is 6.55. The molecule has 2 rings (SSSR count). The molecule has 14 heavy (non-hydrogen) atoms. The van der Waals surface area contributed by atoms with Crippen LogP contribution in [0.15, 0.2) is 0 Å². The minimum atomic E-state index is -4.61. The number of hydrogen-bond acceptors (Lipinski definition) is 2. The first kappa shape index (κ1) is 10.3. The first-order valence-electron chi connectivity index (χ1n) is 5.19. The normalized spacial score (nSPS) is 30.6. The lowest BCUT2D eigenvalue weighted by atomic mass is 9.72. The predicted molar refractivity (Wildman–Crippen MR) is 50.2 cm³/mol. The number of halogens is 3. The lowest BCUT2D eigenvalue weighted by molar-refractivity contribution is 0.222. The van der Waals surface area contributed by atoms with Crippen LogP contribution in [0.3, 0.4) is 0 Å². The van der Waals surface area contributed by atoms with E-state index in [-0.39, 0.29) is 6.54 Å². The maximum absolute atomic E-state index is 12.4. The Kier molecular flexibility index (Phi) is 2.75. The van der Waals surface area contributed by atoms with Gasteiger partial charge in [-0.05, 0) is 19.0 Å². The third-order valence-corrected chi connectivity index (χ3v) is 3.23. The standard InChI is InChI=1S/C8H15BF3N2/c10-9(11,12)8-1-2-14(6-8)5-7-3-13-4-7/h7-8,13H,1-6H2/q-1. The van der Waals surface area contributed by atoms with Crippen molar-refractivity contribution in [3.63, 3.8) is 0 Å². The highest BCUT2D eigenvalue weighted by molar-refractivity contribution is 6.60. The second kappa shape index (κ2) is 3.74. The van der Waals surface area contributed by atoms with E-state index >= 15 is 0 Å². The van der Waals surface area contributed by atoms with E-state index in [0.717, 1.165) is 19.6 Å². The van der Waals surface area contributed by atoms with E-state index in [1.165, 1.54) is 0 Å². The van der Waals surface area contributed by atoms with Gasteiger partial charge in [0.25, 0.3) is 0 Å². The summed E-state index contributed by atoms with van der Waals surface area (Å²) in [5.41, 5.74) is 0. The van der Waals surface area contributed by atoms with Crippen molar-refractivity contribution in [1.29, 1.82) is 0 Å². The Bertz CT molecular complexity index is 205. The van der Waals surface area contributed by atoms with Gasteiger partial charge >= 0.3 is 6.98 Å². The van der Waals surface area contributed by atoms with Crippen LogP contribution >= 0.6 is 0 Å². The van der Waals surface area contributed by atoms with Crippen LogP contribution in [0.2, 0.25) is 5.82 Å². The van der Waals surface area contributed by atoms with Crippen LogP contribution < -0.4 is 5.32 Å². The van der Waals surface area contributed by atoms with Crippen LogP contribution in [-0.2, 0) is 0 Å². The molecule has 1 atom stereocenters. The molecule has 2 aliphatic rings. The molecular weight excluding hydrogens is 192 g/mol. The molecule has 2 heterocycles. The van der Waals surface area contributed by atoms with Gasteiger partial charge in [0.1, 0.15) is 0 Å². The Hall–Kier alpha value is -0.225. The molecule has 0 aromatic heterocycles. The number of hydrogen-bond donors (Lipinski definition) is 1. The fraction of sp³-hybridized carbons (Fsp3) is 1.00. The minimum Gasteiger partial charge on any atom is -0.449 e. The Morgan fingerprint density at radius 1 is 1.29 bits per heavy atom. The molecule has 0 aromatic rings. The number of nitrogens with zero attached hydrogens (tertiary/aromatic N) is 1. The minimum absolute atomic E-state index is 0.236. The van der Waals surface area contributed by atoms with Crippen molar-refractivity contribution >= 4 is 6.98 Å². The molecule has 0 aromatic carbocycles. The third-order valence-electron chi connectivity index (χ3n) is 3.23. The Labute approximate surface area is 81.9 Å². The maximum atomic E-state index is 12.4. The SMILES string of the molecule is F[B-](F)(F)C1CCN(CC2CNC2)C1.